The molecule has 2 aromatic rings. The first-order valence-corrected chi connectivity index (χ1v) is 10.2. The number of urea groups is 1. The SMILES string of the molecule is CCN(CC)c1ccc(N2CCN(C(=O)Nc3ccccc3C#N)CC2)c(C)c1. The van der Waals surface area contributed by atoms with Crippen LogP contribution in [0.15, 0.2) is 42.5 Å². The summed E-state index contributed by atoms with van der Waals surface area (Å²) in [4.78, 5) is 19.1. The molecule has 1 N–H and O–H groups in total. The van der Waals surface area contributed by atoms with Gasteiger partial charge in [-0.25, -0.2) is 4.79 Å². The Balaban J connectivity index is 1.62. The Bertz CT molecular complexity index is 892. The molecule has 1 heterocycles. The first kappa shape index (κ1) is 20.5. The first-order valence-electron chi connectivity index (χ1n) is 10.2. The van der Waals surface area contributed by atoms with Crippen molar-refractivity contribution in [3.05, 3.63) is 53.6 Å². The lowest BCUT2D eigenvalue weighted by Gasteiger charge is -2.37. The summed E-state index contributed by atoms with van der Waals surface area (Å²) in [5.41, 5.74) is 4.78. The highest BCUT2D eigenvalue weighted by Gasteiger charge is 2.23. The number of para-hydroxylation sites is 1. The summed E-state index contributed by atoms with van der Waals surface area (Å²) in [7, 11) is 0. The van der Waals surface area contributed by atoms with E-state index in [1.807, 2.05) is 11.0 Å². The monoisotopic (exact) mass is 391 g/mol. The molecule has 1 fully saturated rings. The normalized spacial score (nSPS) is 13.7. The quantitative estimate of drug-likeness (QED) is 0.835. The maximum atomic E-state index is 12.6. The number of rotatable bonds is 5. The predicted molar refractivity (Wildman–Crippen MR) is 119 cm³/mol. The number of aryl methyl sites for hydroxylation is 1. The number of anilines is 3. The van der Waals surface area contributed by atoms with Gasteiger partial charge in [-0.3, -0.25) is 0 Å². The number of piperazine rings is 1. The zero-order valence-electron chi connectivity index (χ0n) is 17.5. The van der Waals surface area contributed by atoms with Crippen LogP contribution in [0.4, 0.5) is 21.9 Å². The van der Waals surface area contributed by atoms with E-state index in [2.05, 4.69) is 60.2 Å². The van der Waals surface area contributed by atoms with E-state index < -0.39 is 0 Å². The molecule has 0 atom stereocenters. The first-order chi connectivity index (χ1) is 14.1. The maximum Gasteiger partial charge on any atom is 0.322 e. The van der Waals surface area contributed by atoms with E-state index in [4.69, 9.17) is 0 Å². The third-order valence-corrected chi connectivity index (χ3v) is 5.51. The molecular formula is C23H29N5O. The van der Waals surface area contributed by atoms with Gasteiger partial charge in [0.05, 0.1) is 11.3 Å². The van der Waals surface area contributed by atoms with Crippen LogP contribution in [0.5, 0.6) is 0 Å². The van der Waals surface area contributed by atoms with Gasteiger partial charge in [-0.1, -0.05) is 12.1 Å². The summed E-state index contributed by atoms with van der Waals surface area (Å²) in [6.07, 6.45) is 0. The highest BCUT2D eigenvalue weighted by atomic mass is 16.2. The van der Waals surface area contributed by atoms with Crippen LogP contribution in [0.25, 0.3) is 0 Å². The van der Waals surface area contributed by atoms with Gasteiger partial charge >= 0.3 is 6.03 Å². The largest absolute Gasteiger partial charge is 0.372 e. The van der Waals surface area contributed by atoms with Gasteiger partial charge in [0.25, 0.3) is 0 Å². The molecule has 2 aromatic carbocycles. The Morgan fingerprint density at radius 3 is 2.41 bits per heavy atom. The van der Waals surface area contributed by atoms with Gasteiger partial charge in [-0.15, -0.1) is 0 Å². The number of hydrogen-bond donors (Lipinski definition) is 1. The summed E-state index contributed by atoms with van der Waals surface area (Å²) in [5, 5.41) is 12.1. The minimum absolute atomic E-state index is 0.152. The minimum atomic E-state index is -0.152. The molecule has 1 saturated heterocycles. The van der Waals surface area contributed by atoms with Crippen molar-refractivity contribution in [1.29, 1.82) is 5.26 Å². The summed E-state index contributed by atoms with van der Waals surface area (Å²) in [6, 6.07) is 15.7. The van der Waals surface area contributed by atoms with Gasteiger partial charge in [-0.05, 0) is 56.7 Å². The molecule has 2 amide bonds. The number of nitrogens with one attached hydrogen (secondary N) is 1. The summed E-state index contributed by atoms with van der Waals surface area (Å²) < 4.78 is 0. The zero-order valence-corrected chi connectivity index (χ0v) is 17.5. The van der Waals surface area contributed by atoms with Crippen LogP contribution < -0.4 is 15.1 Å². The van der Waals surface area contributed by atoms with Crippen molar-refractivity contribution < 1.29 is 4.79 Å². The van der Waals surface area contributed by atoms with E-state index in [1.54, 1.807) is 18.2 Å². The van der Waals surface area contributed by atoms with Crippen LogP contribution >= 0.6 is 0 Å². The summed E-state index contributed by atoms with van der Waals surface area (Å²) in [6.45, 7) is 11.4. The lowest BCUT2D eigenvalue weighted by Crippen LogP contribution is -2.50. The molecule has 0 unspecified atom stereocenters. The van der Waals surface area contributed by atoms with Crippen LogP contribution in [-0.4, -0.2) is 50.2 Å². The van der Waals surface area contributed by atoms with Crippen LogP contribution in [0.2, 0.25) is 0 Å². The topological polar surface area (TPSA) is 62.6 Å². The van der Waals surface area contributed by atoms with Crippen molar-refractivity contribution in [2.45, 2.75) is 20.8 Å². The van der Waals surface area contributed by atoms with E-state index >= 15 is 0 Å². The molecular weight excluding hydrogens is 362 g/mol. The molecule has 152 valence electrons. The van der Waals surface area contributed by atoms with Crippen molar-refractivity contribution in [2.24, 2.45) is 0 Å². The van der Waals surface area contributed by atoms with Crippen LogP contribution in [0.1, 0.15) is 25.0 Å². The van der Waals surface area contributed by atoms with Crippen molar-refractivity contribution >= 4 is 23.1 Å². The number of nitrogens with zero attached hydrogens (tertiary/aromatic N) is 4. The molecule has 3 rings (SSSR count). The molecule has 0 aromatic heterocycles. The average molecular weight is 392 g/mol. The maximum absolute atomic E-state index is 12.6. The second-order valence-corrected chi connectivity index (χ2v) is 7.20. The highest BCUT2D eigenvalue weighted by molar-refractivity contribution is 5.91. The Labute approximate surface area is 173 Å². The van der Waals surface area contributed by atoms with E-state index in [1.165, 1.54) is 16.9 Å². The van der Waals surface area contributed by atoms with Gasteiger partial charge < -0.3 is 20.0 Å². The fourth-order valence-corrected chi connectivity index (χ4v) is 3.81. The van der Waals surface area contributed by atoms with Crippen molar-refractivity contribution in [3.63, 3.8) is 0 Å². The molecule has 1 aliphatic rings. The van der Waals surface area contributed by atoms with E-state index in [0.717, 1.165) is 26.2 Å². The van der Waals surface area contributed by atoms with Crippen LogP contribution in [0.3, 0.4) is 0 Å². The van der Waals surface area contributed by atoms with E-state index in [9.17, 15) is 10.1 Å². The lowest BCUT2D eigenvalue weighted by molar-refractivity contribution is 0.208. The fourth-order valence-electron chi connectivity index (χ4n) is 3.81. The number of nitriles is 1. The number of amides is 2. The van der Waals surface area contributed by atoms with Crippen molar-refractivity contribution in [2.75, 3.05) is 54.4 Å². The second kappa shape index (κ2) is 9.33. The Morgan fingerprint density at radius 2 is 1.79 bits per heavy atom. The molecule has 1 aliphatic heterocycles. The molecule has 6 nitrogen and oxygen atoms in total. The smallest absolute Gasteiger partial charge is 0.322 e. The lowest BCUT2D eigenvalue weighted by atomic mass is 10.1. The molecule has 0 bridgehead atoms. The molecule has 6 heteroatoms. The molecule has 0 spiro atoms. The summed E-state index contributed by atoms with van der Waals surface area (Å²) in [5.74, 6) is 0. The highest BCUT2D eigenvalue weighted by Crippen LogP contribution is 2.27. The van der Waals surface area contributed by atoms with Crippen molar-refractivity contribution in [3.8, 4) is 6.07 Å². The molecule has 29 heavy (non-hydrogen) atoms. The van der Waals surface area contributed by atoms with Gasteiger partial charge in [-0.2, -0.15) is 5.26 Å². The van der Waals surface area contributed by atoms with E-state index in [-0.39, 0.29) is 6.03 Å². The van der Waals surface area contributed by atoms with Crippen molar-refractivity contribution in [1.82, 2.24) is 4.90 Å². The Morgan fingerprint density at radius 1 is 1.10 bits per heavy atom. The van der Waals surface area contributed by atoms with Gasteiger partial charge in [0.1, 0.15) is 6.07 Å². The molecule has 0 saturated carbocycles. The minimum Gasteiger partial charge on any atom is -0.372 e. The number of benzene rings is 2. The standard InChI is InChI=1S/C23H29N5O/c1-4-26(5-2)20-10-11-22(18(3)16-20)27-12-14-28(15-13-27)23(29)25-21-9-7-6-8-19(21)17-24/h6-11,16H,4-5,12-15H2,1-3H3,(H,25,29). The van der Waals surface area contributed by atoms with Crippen LogP contribution in [-0.2, 0) is 0 Å². The predicted octanol–water partition coefficient (Wildman–Crippen LogP) is 4.07. The number of carbonyl (C=O) groups is 1. The molecule has 0 radical (unpaired) electrons. The summed E-state index contributed by atoms with van der Waals surface area (Å²) >= 11 is 0. The van der Waals surface area contributed by atoms with Crippen LogP contribution in [0, 0.1) is 18.3 Å². The average Bonchev–Trinajstić information content (AvgIpc) is 2.75. The van der Waals surface area contributed by atoms with Gasteiger partial charge in [0.15, 0.2) is 0 Å². The Kier molecular flexibility index (Phi) is 6.61. The van der Waals surface area contributed by atoms with Gasteiger partial charge in [0, 0.05) is 50.6 Å². The molecule has 0 aliphatic carbocycles. The third-order valence-electron chi connectivity index (χ3n) is 5.51. The van der Waals surface area contributed by atoms with E-state index in [0.29, 0.717) is 24.3 Å². The number of hydrogen-bond acceptors (Lipinski definition) is 4. The van der Waals surface area contributed by atoms with Gasteiger partial charge in [0.2, 0.25) is 0 Å². The third kappa shape index (κ3) is 4.62. The second-order valence-electron chi connectivity index (χ2n) is 7.20. The zero-order chi connectivity index (χ0) is 20.8. The number of carbonyl (C=O) groups excluding carboxylic acids is 1. The Hall–Kier alpha value is -3.20. The fraction of sp³-hybridized carbons (Fsp3) is 0.391.